The van der Waals surface area contributed by atoms with Crippen molar-refractivity contribution in [3.8, 4) is 0 Å². The van der Waals surface area contributed by atoms with Gasteiger partial charge in [0.25, 0.3) is 5.91 Å². The second kappa shape index (κ2) is 5.54. The van der Waals surface area contributed by atoms with Gasteiger partial charge in [-0.2, -0.15) is 5.10 Å². The second-order valence-electron chi connectivity index (χ2n) is 3.96. The zero-order chi connectivity index (χ0) is 14.0. The molecule has 1 N–H and O–H groups in total. The first-order chi connectivity index (χ1) is 8.97. The largest absolute Gasteiger partial charge is 0.333 e. The Bertz CT molecular complexity index is 613. The molecule has 2 heterocycles. The maximum absolute atomic E-state index is 12.2. The smallest absolute Gasteiger partial charge is 0.274 e. The summed E-state index contributed by atoms with van der Waals surface area (Å²) in [4.78, 5) is 21.7. The van der Waals surface area contributed by atoms with E-state index in [1.807, 2.05) is 0 Å². The lowest BCUT2D eigenvalue weighted by Gasteiger charge is -2.15. The van der Waals surface area contributed by atoms with Crippen molar-refractivity contribution < 1.29 is 4.79 Å². The number of pyridine rings is 1. The Morgan fingerprint density at radius 2 is 2.11 bits per heavy atom. The number of aryl methyl sites for hydroxylation is 1. The summed E-state index contributed by atoms with van der Waals surface area (Å²) in [6.07, 6.45) is 0. The molecule has 8 heteroatoms. The normalized spacial score (nSPS) is 10.5. The van der Waals surface area contributed by atoms with Crippen molar-refractivity contribution in [1.82, 2.24) is 25.1 Å². The van der Waals surface area contributed by atoms with Crippen LogP contribution in [0.3, 0.4) is 0 Å². The van der Waals surface area contributed by atoms with Gasteiger partial charge < -0.3 is 4.90 Å². The van der Waals surface area contributed by atoms with Crippen LogP contribution in [-0.2, 0) is 6.54 Å². The Balaban J connectivity index is 2.16. The predicted molar refractivity (Wildman–Crippen MR) is 71.2 cm³/mol. The number of nitrogens with zero attached hydrogens (tertiary/aromatic N) is 4. The fourth-order valence-electron chi connectivity index (χ4n) is 1.49. The molecule has 2 aromatic heterocycles. The van der Waals surface area contributed by atoms with E-state index in [2.05, 4.69) is 20.2 Å². The Kier molecular flexibility index (Phi) is 4.01. The number of aromatic amines is 1. The Hall–Kier alpha value is -1.66. The van der Waals surface area contributed by atoms with E-state index in [1.165, 1.54) is 17.0 Å². The maximum Gasteiger partial charge on any atom is 0.274 e. The first-order valence-corrected chi connectivity index (χ1v) is 6.18. The monoisotopic (exact) mass is 299 g/mol. The van der Waals surface area contributed by atoms with Crippen LogP contribution in [0.15, 0.2) is 12.1 Å². The van der Waals surface area contributed by atoms with Gasteiger partial charge in [-0.15, -0.1) is 0 Å². The van der Waals surface area contributed by atoms with Gasteiger partial charge in [-0.05, 0) is 19.1 Å². The first kappa shape index (κ1) is 13.8. The van der Waals surface area contributed by atoms with Gasteiger partial charge in [0.2, 0.25) is 0 Å². The van der Waals surface area contributed by atoms with Gasteiger partial charge in [0.15, 0.2) is 5.82 Å². The van der Waals surface area contributed by atoms with Crippen LogP contribution in [0.25, 0.3) is 0 Å². The minimum absolute atomic E-state index is 0.115. The van der Waals surface area contributed by atoms with Crippen LogP contribution in [0.4, 0.5) is 0 Å². The van der Waals surface area contributed by atoms with Crippen molar-refractivity contribution in [3.63, 3.8) is 0 Å². The Morgan fingerprint density at radius 1 is 1.37 bits per heavy atom. The molecule has 19 heavy (non-hydrogen) atoms. The zero-order valence-electron chi connectivity index (χ0n) is 10.3. The summed E-state index contributed by atoms with van der Waals surface area (Å²) in [5, 5.41) is 7.15. The van der Waals surface area contributed by atoms with E-state index in [4.69, 9.17) is 23.2 Å². The van der Waals surface area contributed by atoms with E-state index in [0.29, 0.717) is 11.6 Å². The first-order valence-electron chi connectivity index (χ1n) is 5.43. The number of aromatic nitrogens is 4. The summed E-state index contributed by atoms with van der Waals surface area (Å²) >= 11 is 11.7. The minimum Gasteiger partial charge on any atom is -0.333 e. The third-order valence-corrected chi connectivity index (χ3v) is 2.90. The fourth-order valence-corrected chi connectivity index (χ4v) is 1.83. The number of carbonyl (C=O) groups is 1. The summed E-state index contributed by atoms with van der Waals surface area (Å²) in [5.41, 5.74) is 0.115. The molecule has 0 aliphatic rings. The summed E-state index contributed by atoms with van der Waals surface area (Å²) in [7, 11) is 1.62. The van der Waals surface area contributed by atoms with E-state index in [0.717, 1.165) is 0 Å². The molecule has 0 saturated heterocycles. The van der Waals surface area contributed by atoms with Crippen LogP contribution < -0.4 is 0 Å². The molecule has 0 aliphatic heterocycles. The molecule has 100 valence electrons. The number of hydrogen-bond donors (Lipinski definition) is 1. The van der Waals surface area contributed by atoms with E-state index >= 15 is 0 Å². The van der Waals surface area contributed by atoms with Crippen LogP contribution in [0.1, 0.15) is 22.1 Å². The summed E-state index contributed by atoms with van der Waals surface area (Å²) in [6, 6.07) is 3.06. The van der Waals surface area contributed by atoms with Crippen LogP contribution in [0.5, 0.6) is 0 Å². The van der Waals surface area contributed by atoms with Gasteiger partial charge in [0, 0.05) is 7.05 Å². The van der Waals surface area contributed by atoms with Gasteiger partial charge in [-0.1, -0.05) is 23.2 Å². The van der Waals surface area contributed by atoms with Crippen molar-refractivity contribution in [1.29, 1.82) is 0 Å². The molecule has 0 radical (unpaired) electrons. The van der Waals surface area contributed by atoms with Crippen LogP contribution >= 0.6 is 23.2 Å². The lowest BCUT2D eigenvalue weighted by atomic mass is 10.3. The highest BCUT2D eigenvalue weighted by Crippen LogP contribution is 2.18. The number of halogens is 2. The second-order valence-corrected chi connectivity index (χ2v) is 4.76. The third kappa shape index (κ3) is 3.21. The fraction of sp³-hybridized carbons (Fsp3) is 0.273. The van der Waals surface area contributed by atoms with Crippen molar-refractivity contribution in [2.75, 3.05) is 7.05 Å². The van der Waals surface area contributed by atoms with Gasteiger partial charge >= 0.3 is 0 Å². The average Bonchev–Trinajstić information content (AvgIpc) is 2.77. The number of amides is 1. The average molecular weight is 300 g/mol. The SMILES string of the molecule is Cc1nc(CN(C)C(=O)c2nc(Cl)ccc2Cl)n[nH]1. The number of hydrogen-bond acceptors (Lipinski definition) is 4. The maximum atomic E-state index is 12.2. The molecule has 0 spiro atoms. The van der Waals surface area contributed by atoms with Gasteiger partial charge in [-0.3, -0.25) is 9.89 Å². The molecule has 1 amide bonds. The zero-order valence-corrected chi connectivity index (χ0v) is 11.8. The molecule has 0 unspecified atom stereocenters. The number of nitrogens with one attached hydrogen (secondary N) is 1. The van der Waals surface area contributed by atoms with Crippen molar-refractivity contribution in [2.45, 2.75) is 13.5 Å². The lowest BCUT2D eigenvalue weighted by Crippen LogP contribution is -2.27. The standard InChI is InChI=1S/C11H11Cl2N5O/c1-6-14-9(17-16-6)5-18(2)11(19)10-7(12)3-4-8(13)15-10/h3-4H,5H2,1-2H3,(H,14,16,17). The topological polar surface area (TPSA) is 74.8 Å². The molecule has 0 saturated carbocycles. The summed E-state index contributed by atoms with van der Waals surface area (Å²) in [6.45, 7) is 2.04. The molecular weight excluding hydrogens is 289 g/mol. The van der Waals surface area contributed by atoms with Crippen molar-refractivity contribution in [2.24, 2.45) is 0 Å². The van der Waals surface area contributed by atoms with E-state index < -0.39 is 0 Å². The van der Waals surface area contributed by atoms with Gasteiger partial charge in [0.05, 0.1) is 11.6 Å². The Morgan fingerprint density at radius 3 is 2.74 bits per heavy atom. The molecular formula is C11H11Cl2N5O. The highest BCUT2D eigenvalue weighted by atomic mass is 35.5. The molecule has 2 rings (SSSR count). The van der Waals surface area contributed by atoms with Crippen LogP contribution in [-0.4, -0.2) is 38.0 Å². The number of carbonyl (C=O) groups excluding carboxylic acids is 1. The lowest BCUT2D eigenvalue weighted by molar-refractivity contribution is 0.0776. The number of H-pyrrole nitrogens is 1. The Labute approximate surface area is 119 Å². The molecule has 0 atom stereocenters. The molecule has 0 aromatic carbocycles. The highest BCUT2D eigenvalue weighted by Gasteiger charge is 2.18. The summed E-state index contributed by atoms with van der Waals surface area (Å²) in [5.74, 6) is 0.871. The molecule has 0 bridgehead atoms. The quantitative estimate of drug-likeness (QED) is 0.881. The number of rotatable bonds is 3. The van der Waals surface area contributed by atoms with Gasteiger partial charge in [0.1, 0.15) is 16.7 Å². The highest BCUT2D eigenvalue weighted by molar-refractivity contribution is 6.34. The van der Waals surface area contributed by atoms with Crippen molar-refractivity contribution >= 4 is 29.1 Å². The van der Waals surface area contributed by atoms with Crippen molar-refractivity contribution in [3.05, 3.63) is 39.7 Å². The van der Waals surface area contributed by atoms with E-state index in [1.54, 1.807) is 14.0 Å². The predicted octanol–water partition coefficient (Wildman–Crippen LogP) is 2.09. The van der Waals surface area contributed by atoms with E-state index in [-0.39, 0.29) is 28.3 Å². The van der Waals surface area contributed by atoms with Gasteiger partial charge in [-0.25, -0.2) is 9.97 Å². The molecule has 0 aliphatic carbocycles. The third-order valence-electron chi connectivity index (χ3n) is 2.38. The van der Waals surface area contributed by atoms with Crippen LogP contribution in [0.2, 0.25) is 10.2 Å². The minimum atomic E-state index is -0.338. The summed E-state index contributed by atoms with van der Waals surface area (Å²) < 4.78 is 0. The molecule has 6 nitrogen and oxygen atoms in total. The van der Waals surface area contributed by atoms with Crippen LogP contribution in [0, 0.1) is 6.92 Å². The molecule has 2 aromatic rings. The molecule has 0 fully saturated rings. The van der Waals surface area contributed by atoms with E-state index in [9.17, 15) is 4.79 Å².